The fourth-order valence-electron chi connectivity index (χ4n) is 1.60. The molecule has 18 heavy (non-hydrogen) atoms. The van der Waals surface area contributed by atoms with Crippen LogP contribution in [0.3, 0.4) is 0 Å². The second kappa shape index (κ2) is 4.34. The van der Waals surface area contributed by atoms with Crippen LogP contribution in [0.1, 0.15) is 0 Å². The van der Waals surface area contributed by atoms with Gasteiger partial charge in [0.15, 0.2) is 5.58 Å². The Labute approximate surface area is 107 Å². The van der Waals surface area contributed by atoms with E-state index < -0.39 is 0 Å². The number of hydrogen-bond acceptors (Lipinski definition) is 4. The molecule has 3 nitrogen and oxygen atoms in total. The maximum atomic E-state index is 13.0. The first-order chi connectivity index (χ1) is 8.70. The summed E-state index contributed by atoms with van der Waals surface area (Å²) in [6, 6.07) is 11.6. The van der Waals surface area contributed by atoms with Crippen LogP contribution >= 0.6 is 11.8 Å². The van der Waals surface area contributed by atoms with E-state index in [0.29, 0.717) is 16.5 Å². The Hall–Kier alpha value is -2.01. The Kier molecular flexibility index (Phi) is 2.68. The number of aromatic nitrogens is 1. The summed E-state index contributed by atoms with van der Waals surface area (Å²) in [5.41, 5.74) is 7.66. The second-order valence-electron chi connectivity index (χ2n) is 3.77. The van der Waals surface area contributed by atoms with Gasteiger partial charge in [0.2, 0.25) is 0 Å². The van der Waals surface area contributed by atoms with Crippen molar-refractivity contribution >= 4 is 28.5 Å². The first-order valence-corrected chi connectivity index (χ1v) is 6.12. The van der Waals surface area contributed by atoms with Crippen LogP contribution in [0.2, 0.25) is 0 Å². The molecule has 0 fully saturated rings. The van der Waals surface area contributed by atoms with Gasteiger partial charge in [0.05, 0.1) is 0 Å². The lowest BCUT2D eigenvalue weighted by Gasteiger charge is -1.95. The van der Waals surface area contributed by atoms with Gasteiger partial charge in [0, 0.05) is 16.6 Å². The molecule has 3 rings (SSSR count). The molecule has 1 heterocycles. The second-order valence-corrected chi connectivity index (χ2v) is 4.79. The van der Waals surface area contributed by atoms with Gasteiger partial charge in [-0.25, -0.2) is 9.37 Å². The highest BCUT2D eigenvalue weighted by molar-refractivity contribution is 7.99. The van der Waals surface area contributed by atoms with Crippen LogP contribution in [0.5, 0.6) is 0 Å². The summed E-state index contributed by atoms with van der Waals surface area (Å²) < 4.78 is 18.6. The number of benzene rings is 2. The van der Waals surface area contributed by atoms with Crippen molar-refractivity contribution in [3.63, 3.8) is 0 Å². The lowest BCUT2D eigenvalue weighted by atomic mass is 10.3. The summed E-state index contributed by atoms with van der Waals surface area (Å²) in [6.07, 6.45) is 0. The normalized spacial score (nSPS) is 10.9. The molecule has 2 N–H and O–H groups in total. The third kappa shape index (κ3) is 2.17. The molecule has 0 atom stereocenters. The third-order valence-corrected chi connectivity index (χ3v) is 3.23. The molecule has 0 radical (unpaired) electrons. The molecule has 2 aromatic carbocycles. The van der Waals surface area contributed by atoms with Crippen molar-refractivity contribution in [2.24, 2.45) is 0 Å². The third-order valence-electron chi connectivity index (χ3n) is 2.39. The van der Waals surface area contributed by atoms with Gasteiger partial charge >= 0.3 is 0 Å². The smallest absolute Gasteiger partial charge is 0.261 e. The monoisotopic (exact) mass is 260 g/mol. The summed E-state index contributed by atoms with van der Waals surface area (Å²) in [7, 11) is 0. The van der Waals surface area contributed by atoms with Gasteiger partial charge in [-0.05, 0) is 42.1 Å². The number of fused-ring (bicyclic) bond motifs is 1. The Bertz CT molecular complexity index is 711. The zero-order chi connectivity index (χ0) is 12.5. The Balaban J connectivity index is 1.95. The zero-order valence-electron chi connectivity index (χ0n) is 9.26. The van der Waals surface area contributed by atoms with Crippen molar-refractivity contribution in [1.82, 2.24) is 4.98 Å². The number of rotatable bonds is 2. The van der Waals surface area contributed by atoms with Crippen molar-refractivity contribution in [1.29, 1.82) is 0 Å². The van der Waals surface area contributed by atoms with E-state index in [-0.39, 0.29) is 5.82 Å². The molecule has 0 aliphatic carbocycles. The van der Waals surface area contributed by atoms with E-state index in [2.05, 4.69) is 4.98 Å². The molecule has 0 aliphatic heterocycles. The fraction of sp³-hybridized carbons (Fsp3) is 0. The number of nitrogens with zero attached hydrogens (tertiary/aromatic N) is 1. The van der Waals surface area contributed by atoms with Gasteiger partial charge in [-0.2, -0.15) is 0 Å². The van der Waals surface area contributed by atoms with Gasteiger partial charge in [0.25, 0.3) is 5.22 Å². The highest BCUT2D eigenvalue weighted by atomic mass is 32.2. The molecule has 90 valence electrons. The number of hydrogen-bond donors (Lipinski definition) is 1. The van der Waals surface area contributed by atoms with Gasteiger partial charge < -0.3 is 10.2 Å². The van der Waals surface area contributed by atoms with Crippen LogP contribution in [0.15, 0.2) is 57.0 Å². The molecule has 1 aromatic heterocycles. The van der Waals surface area contributed by atoms with Gasteiger partial charge in [-0.15, -0.1) is 0 Å². The molecule has 3 aromatic rings. The van der Waals surface area contributed by atoms with Crippen molar-refractivity contribution in [2.75, 3.05) is 5.73 Å². The van der Waals surface area contributed by atoms with Crippen LogP contribution in [0, 0.1) is 5.82 Å². The molecule has 0 saturated carbocycles. The molecule has 0 saturated heterocycles. The van der Waals surface area contributed by atoms with E-state index in [4.69, 9.17) is 10.2 Å². The van der Waals surface area contributed by atoms with Crippen LogP contribution in [0.25, 0.3) is 11.1 Å². The number of anilines is 1. The molecular formula is C13H9FN2OS. The topological polar surface area (TPSA) is 52.0 Å². The average molecular weight is 260 g/mol. The Morgan fingerprint density at radius 1 is 1.17 bits per heavy atom. The van der Waals surface area contributed by atoms with Crippen LogP contribution in [0.4, 0.5) is 10.1 Å². The summed E-state index contributed by atoms with van der Waals surface area (Å²) in [6.45, 7) is 0. The van der Waals surface area contributed by atoms with Crippen LogP contribution < -0.4 is 5.73 Å². The first kappa shape index (κ1) is 11.1. The minimum absolute atomic E-state index is 0.277. The first-order valence-electron chi connectivity index (χ1n) is 5.30. The minimum Gasteiger partial charge on any atom is -0.431 e. The van der Waals surface area contributed by atoms with Gasteiger partial charge in [-0.3, -0.25) is 0 Å². The molecular weight excluding hydrogens is 251 g/mol. The van der Waals surface area contributed by atoms with Crippen LogP contribution in [-0.2, 0) is 0 Å². The summed E-state index contributed by atoms with van der Waals surface area (Å²) in [5, 5.41) is 0.473. The van der Waals surface area contributed by atoms with E-state index >= 15 is 0 Å². The predicted octanol–water partition coefficient (Wildman–Crippen LogP) is 3.70. The molecule has 5 heteroatoms. The Morgan fingerprint density at radius 2 is 2.06 bits per heavy atom. The maximum absolute atomic E-state index is 13.0. The van der Waals surface area contributed by atoms with E-state index in [1.54, 1.807) is 30.3 Å². The summed E-state index contributed by atoms with van der Waals surface area (Å²) >= 11 is 1.27. The molecule has 0 amide bonds. The molecule has 0 unspecified atom stereocenters. The fourth-order valence-corrected chi connectivity index (χ4v) is 2.39. The van der Waals surface area contributed by atoms with Crippen molar-refractivity contribution in [3.8, 4) is 0 Å². The number of nitrogens with two attached hydrogens (primary N) is 1. The number of nitrogen functional groups attached to an aromatic ring is 1. The van der Waals surface area contributed by atoms with Crippen molar-refractivity contribution < 1.29 is 8.81 Å². The number of oxazole rings is 1. The molecule has 0 spiro atoms. The predicted molar refractivity (Wildman–Crippen MR) is 68.9 cm³/mol. The zero-order valence-corrected chi connectivity index (χ0v) is 10.1. The van der Waals surface area contributed by atoms with Crippen molar-refractivity contribution in [3.05, 3.63) is 48.3 Å². The quantitative estimate of drug-likeness (QED) is 0.714. The molecule has 0 bridgehead atoms. The molecule has 0 aliphatic rings. The lowest BCUT2D eigenvalue weighted by molar-refractivity contribution is 0.489. The maximum Gasteiger partial charge on any atom is 0.261 e. The minimum atomic E-state index is -0.277. The van der Waals surface area contributed by atoms with Gasteiger partial charge in [-0.1, -0.05) is 6.07 Å². The largest absolute Gasteiger partial charge is 0.431 e. The van der Waals surface area contributed by atoms with E-state index in [1.807, 2.05) is 0 Å². The number of halogens is 1. The van der Waals surface area contributed by atoms with Crippen LogP contribution in [-0.4, -0.2) is 4.98 Å². The van der Waals surface area contributed by atoms with Gasteiger partial charge in [0.1, 0.15) is 11.3 Å². The van der Waals surface area contributed by atoms with E-state index in [9.17, 15) is 4.39 Å². The Morgan fingerprint density at radius 3 is 2.89 bits per heavy atom. The summed E-state index contributed by atoms with van der Waals surface area (Å²) in [5.74, 6) is -0.277. The average Bonchev–Trinajstić information content (AvgIpc) is 2.70. The highest BCUT2D eigenvalue weighted by Crippen LogP contribution is 2.30. The summed E-state index contributed by atoms with van der Waals surface area (Å²) in [4.78, 5) is 5.04. The van der Waals surface area contributed by atoms with E-state index in [0.717, 1.165) is 10.4 Å². The highest BCUT2D eigenvalue weighted by Gasteiger charge is 2.08. The SMILES string of the molecule is Nc1ccc2nc(Sc3cccc(F)c3)oc2c1. The standard InChI is InChI=1S/C13H9FN2OS/c14-8-2-1-3-10(6-8)18-13-16-11-5-4-9(15)7-12(11)17-13/h1-7H,15H2. The lowest BCUT2D eigenvalue weighted by Crippen LogP contribution is -1.81. The van der Waals surface area contributed by atoms with Crippen molar-refractivity contribution in [2.45, 2.75) is 10.1 Å². The van der Waals surface area contributed by atoms with E-state index in [1.165, 1.54) is 23.9 Å².